The summed E-state index contributed by atoms with van der Waals surface area (Å²) in [5.41, 5.74) is 7.87. The number of amides is 2. The molecule has 6 nitrogen and oxygen atoms in total. The van der Waals surface area contributed by atoms with Gasteiger partial charge in [0.05, 0.1) is 0 Å². The average molecular weight is 527 g/mol. The Balaban J connectivity index is 1.68. The second-order valence-corrected chi connectivity index (χ2v) is 10.2. The van der Waals surface area contributed by atoms with E-state index in [1.165, 1.54) is 20.9 Å². The Kier molecular flexibility index (Phi) is 7.21. The summed E-state index contributed by atoms with van der Waals surface area (Å²) >= 11 is 5.53. The van der Waals surface area contributed by atoms with Gasteiger partial charge in [0.25, 0.3) is 11.8 Å². The minimum atomic E-state index is -0.325. The zero-order valence-corrected chi connectivity index (χ0v) is 23.3. The van der Waals surface area contributed by atoms with Gasteiger partial charge in [-0.05, 0) is 92.7 Å². The van der Waals surface area contributed by atoms with Crippen LogP contribution in [0.3, 0.4) is 0 Å². The molecule has 5 rings (SSSR count). The summed E-state index contributed by atoms with van der Waals surface area (Å²) in [6, 6.07) is 16.8. The fourth-order valence-corrected chi connectivity index (χ4v) is 6.06. The average Bonchev–Trinajstić information content (AvgIpc) is 2.92. The summed E-state index contributed by atoms with van der Waals surface area (Å²) in [6.07, 6.45) is 7.54. The van der Waals surface area contributed by atoms with Crippen LogP contribution in [0.15, 0.2) is 83.2 Å². The van der Waals surface area contributed by atoms with Crippen LogP contribution in [0.4, 0.5) is 11.4 Å². The highest BCUT2D eigenvalue weighted by Crippen LogP contribution is 2.35. The van der Waals surface area contributed by atoms with E-state index < -0.39 is 0 Å². The smallest absolute Gasteiger partial charge is 0.266 e. The Labute approximate surface area is 230 Å². The van der Waals surface area contributed by atoms with Crippen molar-refractivity contribution in [1.82, 2.24) is 9.80 Å². The van der Waals surface area contributed by atoms with Crippen LogP contribution in [-0.4, -0.2) is 53.9 Å². The van der Waals surface area contributed by atoms with Crippen LogP contribution in [-0.2, 0) is 22.4 Å². The maximum absolute atomic E-state index is 13.8. The van der Waals surface area contributed by atoms with Crippen molar-refractivity contribution in [3.63, 3.8) is 0 Å². The van der Waals surface area contributed by atoms with E-state index in [1.807, 2.05) is 38.1 Å². The van der Waals surface area contributed by atoms with E-state index in [0.717, 1.165) is 48.5 Å². The lowest BCUT2D eigenvalue weighted by Gasteiger charge is -2.36. The first-order valence-corrected chi connectivity index (χ1v) is 13.7. The number of allylic oxidation sites excluding steroid dienone is 5. The normalized spacial score (nSPS) is 19.9. The van der Waals surface area contributed by atoms with Crippen molar-refractivity contribution < 1.29 is 9.59 Å². The Morgan fingerprint density at radius 2 is 1.16 bits per heavy atom. The van der Waals surface area contributed by atoms with Gasteiger partial charge in [0.1, 0.15) is 5.57 Å². The molecule has 0 atom stereocenters. The number of aryl methyl sites for hydroxylation is 2. The Morgan fingerprint density at radius 3 is 1.58 bits per heavy atom. The molecule has 196 valence electrons. The van der Waals surface area contributed by atoms with E-state index in [4.69, 9.17) is 12.2 Å². The van der Waals surface area contributed by atoms with Gasteiger partial charge in [-0.15, -0.1) is 0 Å². The lowest BCUT2D eigenvalue weighted by molar-refractivity contribution is -0.133. The fourth-order valence-electron chi connectivity index (χ4n) is 5.64. The van der Waals surface area contributed by atoms with Gasteiger partial charge in [-0.25, -0.2) is 0 Å². The number of nitrogens with zero attached hydrogens (tertiary/aromatic N) is 4. The molecule has 38 heavy (non-hydrogen) atoms. The number of fused-ring (bicyclic) bond motifs is 2. The number of hydrogen-bond acceptors (Lipinski definition) is 5. The van der Waals surface area contributed by atoms with Crippen molar-refractivity contribution in [1.29, 1.82) is 0 Å². The lowest BCUT2D eigenvalue weighted by atomic mass is 9.94. The molecule has 3 heterocycles. The van der Waals surface area contributed by atoms with Gasteiger partial charge < -0.3 is 9.80 Å². The molecule has 3 aliphatic heterocycles. The van der Waals surface area contributed by atoms with Crippen LogP contribution in [0.1, 0.15) is 37.8 Å². The summed E-state index contributed by atoms with van der Waals surface area (Å²) in [6.45, 7) is 4.59. The SMILES string of the molecule is CCN1C(=O)C(=C(C=C2CCc3ccccc3N2C)C=C2CCc3ccccc3N2C)C(=O)N(CC)C1=S. The van der Waals surface area contributed by atoms with Gasteiger partial charge in [-0.2, -0.15) is 0 Å². The van der Waals surface area contributed by atoms with E-state index in [9.17, 15) is 9.59 Å². The predicted molar refractivity (Wildman–Crippen MR) is 157 cm³/mol. The Hall–Kier alpha value is -3.71. The number of hydrogen-bond donors (Lipinski definition) is 0. The van der Waals surface area contributed by atoms with Crippen molar-refractivity contribution in [2.45, 2.75) is 39.5 Å². The molecule has 1 fully saturated rings. The van der Waals surface area contributed by atoms with Crippen LogP contribution < -0.4 is 9.80 Å². The maximum atomic E-state index is 13.8. The van der Waals surface area contributed by atoms with Crippen LogP contribution in [0.2, 0.25) is 0 Å². The third kappa shape index (κ3) is 4.45. The van der Waals surface area contributed by atoms with Crippen molar-refractivity contribution in [3.8, 4) is 0 Å². The van der Waals surface area contributed by atoms with Crippen LogP contribution in [0, 0.1) is 0 Å². The number of thiocarbonyl (C=S) groups is 1. The molecule has 0 N–H and O–H groups in total. The van der Waals surface area contributed by atoms with Crippen molar-refractivity contribution in [3.05, 3.63) is 94.4 Å². The first-order chi connectivity index (χ1) is 18.3. The van der Waals surface area contributed by atoms with Crippen LogP contribution >= 0.6 is 12.2 Å². The molecule has 0 radical (unpaired) electrons. The molecule has 0 spiro atoms. The van der Waals surface area contributed by atoms with Gasteiger partial charge >= 0.3 is 0 Å². The molecule has 2 amide bonds. The highest BCUT2D eigenvalue weighted by molar-refractivity contribution is 7.80. The third-order valence-corrected chi connectivity index (χ3v) is 8.25. The van der Waals surface area contributed by atoms with E-state index in [0.29, 0.717) is 18.7 Å². The van der Waals surface area contributed by atoms with Gasteiger partial charge in [-0.1, -0.05) is 36.4 Å². The standard InChI is InChI=1S/C31H34N4O2S/c1-5-34-29(36)28(30(37)35(6-2)31(34)38)23(19-24-17-15-21-11-7-9-13-26(21)32(24)3)20-25-18-16-22-12-8-10-14-27(22)33(25)4/h7-14,19-20H,5-6,15-18H2,1-4H3. The Morgan fingerprint density at radius 1 is 0.737 bits per heavy atom. The number of likely N-dealkylation sites (N-methyl/N-ethyl adjacent to an activating group) is 2. The van der Waals surface area contributed by atoms with Crippen LogP contribution in [0.5, 0.6) is 0 Å². The predicted octanol–water partition coefficient (Wildman–Crippen LogP) is 5.21. The van der Waals surface area contributed by atoms with Gasteiger partial charge in [0, 0.05) is 50.0 Å². The zero-order chi connectivity index (χ0) is 27.0. The molecular formula is C31H34N4O2S. The molecule has 2 aromatic carbocycles. The van der Waals surface area contributed by atoms with Crippen molar-refractivity contribution in [2.24, 2.45) is 0 Å². The number of para-hydroxylation sites is 2. The summed E-state index contributed by atoms with van der Waals surface area (Å²) in [7, 11) is 4.11. The maximum Gasteiger partial charge on any atom is 0.266 e. The minimum Gasteiger partial charge on any atom is -0.348 e. The molecule has 7 heteroatoms. The first-order valence-electron chi connectivity index (χ1n) is 13.3. The van der Waals surface area contributed by atoms with Crippen LogP contribution in [0.25, 0.3) is 0 Å². The molecule has 0 aliphatic carbocycles. The third-order valence-electron chi connectivity index (χ3n) is 7.81. The lowest BCUT2D eigenvalue weighted by Crippen LogP contribution is -2.56. The number of carbonyl (C=O) groups excluding carboxylic acids is 2. The molecule has 0 aromatic heterocycles. The molecule has 0 saturated carbocycles. The monoisotopic (exact) mass is 526 g/mol. The van der Waals surface area contributed by atoms with Crippen molar-refractivity contribution in [2.75, 3.05) is 37.0 Å². The second-order valence-electron chi connectivity index (χ2n) is 9.86. The molecule has 0 unspecified atom stereocenters. The number of anilines is 2. The highest BCUT2D eigenvalue weighted by Gasteiger charge is 2.39. The van der Waals surface area contributed by atoms with Gasteiger partial charge in [0.15, 0.2) is 5.11 Å². The second kappa shape index (κ2) is 10.6. The molecular weight excluding hydrogens is 492 g/mol. The summed E-state index contributed by atoms with van der Waals surface area (Å²) in [5, 5.41) is 0.279. The highest BCUT2D eigenvalue weighted by atomic mass is 32.1. The van der Waals surface area contributed by atoms with Crippen molar-refractivity contribution >= 4 is 40.5 Å². The molecule has 1 saturated heterocycles. The quantitative estimate of drug-likeness (QED) is 0.311. The topological polar surface area (TPSA) is 47.1 Å². The summed E-state index contributed by atoms with van der Waals surface area (Å²) < 4.78 is 0. The largest absolute Gasteiger partial charge is 0.348 e. The Bertz CT molecular complexity index is 1300. The summed E-state index contributed by atoms with van der Waals surface area (Å²) in [5.74, 6) is -0.651. The van der Waals surface area contributed by atoms with E-state index in [-0.39, 0.29) is 22.5 Å². The molecule has 2 aromatic rings. The molecule has 0 bridgehead atoms. The fraction of sp³-hybridized carbons (Fsp3) is 0.323. The van der Waals surface area contributed by atoms with Gasteiger partial charge in [-0.3, -0.25) is 19.4 Å². The van der Waals surface area contributed by atoms with Gasteiger partial charge in [0.2, 0.25) is 0 Å². The molecule has 3 aliphatic rings. The number of benzene rings is 2. The van der Waals surface area contributed by atoms with E-state index in [1.54, 1.807) is 0 Å². The number of rotatable bonds is 4. The minimum absolute atomic E-state index is 0.182. The number of carbonyl (C=O) groups is 2. The van der Waals surface area contributed by atoms with E-state index >= 15 is 0 Å². The van der Waals surface area contributed by atoms with E-state index in [2.05, 4.69) is 60.3 Å². The summed E-state index contributed by atoms with van der Waals surface area (Å²) in [4.78, 5) is 35.0. The zero-order valence-electron chi connectivity index (χ0n) is 22.5. The first kappa shape index (κ1) is 25.9.